The van der Waals surface area contributed by atoms with Gasteiger partial charge in [0.15, 0.2) is 0 Å². The number of nitrogens with zero attached hydrogens (tertiary/aromatic N) is 1. The zero-order valence-corrected chi connectivity index (χ0v) is 16.4. The van der Waals surface area contributed by atoms with E-state index in [9.17, 15) is 9.90 Å². The van der Waals surface area contributed by atoms with Crippen LogP contribution in [0.1, 0.15) is 42.4 Å². The summed E-state index contributed by atoms with van der Waals surface area (Å²) >= 11 is 0. The minimum absolute atomic E-state index is 0.275. The number of hydrogen-bond acceptors (Lipinski definition) is 5. The molecule has 7 heteroatoms. The smallest absolute Gasteiger partial charge is 0.272 e. The van der Waals surface area contributed by atoms with Gasteiger partial charge in [-0.15, -0.1) is 0 Å². The summed E-state index contributed by atoms with van der Waals surface area (Å²) in [4.78, 5) is 20.7. The number of piperidine rings is 1. The summed E-state index contributed by atoms with van der Waals surface area (Å²) in [6.45, 7) is 5.87. The van der Waals surface area contributed by atoms with Gasteiger partial charge >= 0.3 is 0 Å². The number of imidazole rings is 1. The predicted molar refractivity (Wildman–Crippen MR) is 106 cm³/mol. The standard InChI is InChI=1S/C21H28N4O3/c1-14-16(24-17(23-14)15-6-4-3-5-7-15)18(26)25-20(2)10-13-28-21(19(20)27)8-11-22-12-9-21/h3-7,19,22,27H,8-13H2,1-2H3,(H,23,24)(H,25,26)/t19-,20+/m0/s1. The van der Waals surface area contributed by atoms with Crippen molar-refractivity contribution in [2.24, 2.45) is 0 Å². The van der Waals surface area contributed by atoms with Gasteiger partial charge in [0.1, 0.15) is 17.6 Å². The molecule has 4 N–H and O–H groups in total. The van der Waals surface area contributed by atoms with Gasteiger partial charge in [-0.2, -0.15) is 0 Å². The number of rotatable bonds is 3. The third-order valence-electron chi connectivity index (χ3n) is 6.11. The lowest BCUT2D eigenvalue weighted by Crippen LogP contribution is -2.69. The molecule has 1 aromatic heterocycles. The Hall–Kier alpha value is -2.22. The number of carbonyl (C=O) groups excluding carboxylic acids is 1. The zero-order valence-electron chi connectivity index (χ0n) is 16.4. The third kappa shape index (κ3) is 3.34. The Balaban J connectivity index is 1.55. The Morgan fingerprint density at radius 3 is 2.68 bits per heavy atom. The van der Waals surface area contributed by atoms with Gasteiger partial charge in [-0.3, -0.25) is 4.79 Å². The fraction of sp³-hybridized carbons (Fsp3) is 0.524. The SMILES string of the molecule is Cc1[nH]c(-c2ccccc2)nc1C(=O)N[C@]1(C)CCOC2(CCNCC2)[C@H]1O. The van der Waals surface area contributed by atoms with Crippen LogP contribution in [-0.2, 0) is 4.74 Å². The average Bonchev–Trinajstić information content (AvgIpc) is 3.10. The van der Waals surface area contributed by atoms with E-state index in [4.69, 9.17) is 4.74 Å². The molecule has 1 amide bonds. The molecular weight excluding hydrogens is 356 g/mol. The van der Waals surface area contributed by atoms with Crippen molar-refractivity contribution in [3.8, 4) is 11.4 Å². The first-order chi connectivity index (χ1) is 13.4. The number of H-pyrrole nitrogens is 1. The number of aromatic nitrogens is 2. The van der Waals surface area contributed by atoms with E-state index < -0.39 is 17.2 Å². The number of carbonyl (C=O) groups is 1. The molecule has 7 nitrogen and oxygen atoms in total. The second-order valence-corrected chi connectivity index (χ2v) is 8.11. The minimum atomic E-state index is -0.771. The molecule has 1 aromatic carbocycles. The van der Waals surface area contributed by atoms with Crippen molar-refractivity contribution in [1.82, 2.24) is 20.6 Å². The van der Waals surface area contributed by atoms with Crippen LogP contribution in [0.15, 0.2) is 30.3 Å². The molecule has 2 saturated heterocycles. The van der Waals surface area contributed by atoms with Crippen molar-refractivity contribution in [1.29, 1.82) is 0 Å². The second-order valence-electron chi connectivity index (χ2n) is 8.11. The van der Waals surface area contributed by atoms with Crippen LogP contribution in [0.3, 0.4) is 0 Å². The van der Waals surface area contributed by atoms with Crippen molar-refractivity contribution >= 4 is 5.91 Å². The number of ether oxygens (including phenoxy) is 1. The summed E-state index contributed by atoms with van der Waals surface area (Å²) in [5, 5.41) is 17.5. The highest BCUT2D eigenvalue weighted by Gasteiger charge is 2.53. The molecule has 2 fully saturated rings. The Morgan fingerprint density at radius 2 is 1.96 bits per heavy atom. The summed E-state index contributed by atoms with van der Waals surface area (Å²) in [5.41, 5.74) is 0.638. The lowest BCUT2D eigenvalue weighted by molar-refractivity contribution is -0.197. The lowest BCUT2D eigenvalue weighted by Gasteiger charge is -2.52. The van der Waals surface area contributed by atoms with Gasteiger partial charge in [-0.25, -0.2) is 4.98 Å². The number of aliphatic hydroxyl groups excluding tert-OH is 1. The summed E-state index contributed by atoms with van der Waals surface area (Å²) in [6, 6.07) is 9.71. The van der Waals surface area contributed by atoms with Crippen LogP contribution in [0.4, 0.5) is 0 Å². The topological polar surface area (TPSA) is 99.3 Å². The van der Waals surface area contributed by atoms with E-state index in [2.05, 4.69) is 20.6 Å². The fourth-order valence-corrected chi connectivity index (χ4v) is 4.39. The van der Waals surface area contributed by atoms with Gasteiger partial charge in [-0.1, -0.05) is 30.3 Å². The van der Waals surface area contributed by atoms with Gasteiger partial charge in [-0.05, 0) is 46.2 Å². The van der Waals surface area contributed by atoms with E-state index in [1.165, 1.54) is 0 Å². The third-order valence-corrected chi connectivity index (χ3v) is 6.11. The highest BCUT2D eigenvalue weighted by molar-refractivity contribution is 5.94. The van der Waals surface area contributed by atoms with Gasteiger partial charge in [0, 0.05) is 17.9 Å². The maximum atomic E-state index is 13.0. The first kappa shape index (κ1) is 19.1. The lowest BCUT2D eigenvalue weighted by atomic mass is 9.73. The van der Waals surface area contributed by atoms with Crippen LogP contribution in [0, 0.1) is 6.92 Å². The molecule has 0 unspecified atom stereocenters. The molecule has 0 aliphatic carbocycles. The molecule has 2 aliphatic heterocycles. The van der Waals surface area contributed by atoms with Gasteiger partial charge in [0.2, 0.25) is 0 Å². The van der Waals surface area contributed by atoms with E-state index >= 15 is 0 Å². The summed E-state index contributed by atoms with van der Waals surface area (Å²) in [5.74, 6) is 0.388. The average molecular weight is 384 g/mol. The van der Waals surface area contributed by atoms with E-state index in [-0.39, 0.29) is 5.91 Å². The van der Waals surface area contributed by atoms with Gasteiger partial charge in [0.05, 0.1) is 11.1 Å². The molecule has 2 atom stereocenters. The monoisotopic (exact) mass is 384 g/mol. The highest BCUT2D eigenvalue weighted by atomic mass is 16.5. The van der Waals surface area contributed by atoms with Crippen LogP contribution in [0.5, 0.6) is 0 Å². The summed E-state index contributed by atoms with van der Waals surface area (Å²) in [6.07, 6.45) is 1.26. The predicted octanol–water partition coefficient (Wildman–Crippen LogP) is 1.78. The number of aromatic amines is 1. The normalized spacial score (nSPS) is 26.9. The number of benzene rings is 1. The summed E-state index contributed by atoms with van der Waals surface area (Å²) in [7, 11) is 0. The van der Waals surface area contributed by atoms with Crippen molar-refractivity contribution in [2.75, 3.05) is 19.7 Å². The number of aliphatic hydroxyl groups is 1. The Labute approximate surface area is 164 Å². The van der Waals surface area contributed by atoms with Crippen LogP contribution < -0.4 is 10.6 Å². The zero-order chi connectivity index (χ0) is 19.8. The Morgan fingerprint density at radius 1 is 1.25 bits per heavy atom. The molecule has 2 aliphatic rings. The van der Waals surface area contributed by atoms with E-state index in [0.717, 1.165) is 31.5 Å². The number of amides is 1. The summed E-state index contributed by atoms with van der Waals surface area (Å²) < 4.78 is 6.02. The highest BCUT2D eigenvalue weighted by Crippen LogP contribution is 2.38. The van der Waals surface area contributed by atoms with E-state index in [1.54, 1.807) is 0 Å². The van der Waals surface area contributed by atoms with Crippen LogP contribution >= 0.6 is 0 Å². The van der Waals surface area contributed by atoms with E-state index in [0.29, 0.717) is 30.2 Å². The maximum Gasteiger partial charge on any atom is 0.272 e. The largest absolute Gasteiger partial charge is 0.388 e. The molecule has 2 aromatic rings. The molecule has 0 bridgehead atoms. The van der Waals surface area contributed by atoms with Crippen molar-refractivity contribution < 1.29 is 14.6 Å². The second kappa shape index (κ2) is 7.31. The molecule has 3 heterocycles. The number of hydrogen-bond donors (Lipinski definition) is 4. The van der Waals surface area contributed by atoms with Crippen LogP contribution in [0.25, 0.3) is 11.4 Å². The van der Waals surface area contributed by atoms with Gasteiger partial charge < -0.3 is 25.5 Å². The Kier molecular flexibility index (Phi) is 4.99. The number of aryl methyl sites for hydroxylation is 1. The first-order valence-electron chi connectivity index (χ1n) is 9.91. The molecule has 0 radical (unpaired) electrons. The van der Waals surface area contributed by atoms with Crippen LogP contribution in [-0.4, -0.2) is 57.9 Å². The van der Waals surface area contributed by atoms with Gasteiger partial charge in [0.25, 0.3) is 5.91 Å². The maximum absolute atomic E-state index is 13.0. The van der Waals surface area contributed by atoms with Crippen molar-refractivity contribution in [3.05, 3.63) is 41.7 Å². The van der Waals surface area contributed by atoms with E-state index in [1.807, 2.05) is 44.2 Å². The van der Waals surface area contributed by atoms with Crippen LogP contribution in [0.2, 0.25) is 0 Å². The molecule has 0 saturated carbocycles. The molecule has 1 spiro atoms. The Bertz CT molecular complexity index is 839. The quantitative estimate of drug-likeness (QED) is 0.647. The first-order valence-corrected chi connectivity index (χ1v) is 9.91. The van der Waals surface area contributed by atoms with Crippen molar-refractivity contribution in [3.63, 3.8) is 0 Å². The fourth-order valence-electron chi connectivity index (χ4n) is 4.39. The molecular formula is C21H28N4O3. The molecule has 28 heavy (non-hydrogen) atoms. The number of nitrogens with one attached hydrogen (secondary N) is 3. The minimum Gasteiger partial charge on any atom is -0.388 e. The van der Waals surface area contributed by atoms with Crippen molar-refractivity contribution in [2.45, 2.75) is 50.4 Å². The molecule has 4 rings (SSSR count). The molecule has 150 valence electrons.